The number of benzene rings is 1. The highest BCUT2D eigenvalue weighted by atomic mass is 32.2. The Kier molecular flexibility index (Phi) is 4.86. The Morgan fingerprint density at radius 2 is 1.96 bits per heavy atom. The van der Waals surface area contributed by atoms with E-state index in [-0.39, 0.29) is 11.8 Å². The van der Waals surface area contributed by atoms with Gasteiger partial charge in [0.25, 0.3) is 5.91 Å². The van der Waals surface area contributed by atoms with Gasteiger partial charge in [-0.15, -0.1) is 0 Å². The summed E-state index contributed by atoms with van der Waals surface area (Å²) in [5.74, 6) is -0.429. The SMILES string of the molecule is C[C@@H]1[C@H](C)CCC[C@H]1NC(=O)CN1C(=O)c2ccccc2CS1(=O)=O. The maximum absolute atomic E-state index is 12.5. The molecule has 0 bridgehead atoms. The molecule has 1 aromatic carbocycles. The first-order chi connectivity index (χ1) is 11.8. The lowest BCUT2D eigenvalue weighted by molar-refractivity contribution is -0.122. The van der Waals surface area contributed by atoms with Crippen molar-refractivity contribution in [1.82, 2.24) is 9.62 Å². The topological polar surface area (TPSA) is 83.6 Å². The van der Waals surface area contributed by atoms with E-state index in [1.165, 1.54) is 0 Å². The van der Waals surface area contributed by atoms with E-state index in [0.717, 1.165) is 19.3 Å². The van der Waals surface area contributed by atoms with E-state index in [4.69, 9.17) is 0 Å². The van der Waals surface area contributed by atoms with Crippen LogP contribution in [-0.4, -0.2) is 37.1 Å². The quantitative estimate of drug-likeness (QED) is 0.888. The molecular weight excluding hydrogens is 340 g/mol. The highest BCUT2D eigenvalue weighted by molar-refractivity contribution is 7.89. The molecule has 3 rings (SSSR count). The van der Waals surface area contributed by atoms with Gasteiger partial charge >= 0.3 is 0 Å². The number of sulfonamides is 1. The fourth-order valence-corrected chi connectivity index (χ4v) is 5.19. The van der Waals surface area contributed by atoms with E-state index in [9.17, 15) is 18.0 Å². The third kappa shape index (κ3) is 3.56. The van der Waals surface area contributed by atoms with Crippen molar-refractivity contribution in [2.24, 2.45) is 11.8 Å². The van der Waals surface area contributed by atoms with Crippen LogP contribution in [0.4, 0.5) is 0 Å². The van der Waals surface area contributed by atoms with Crippen LogP contribution in [0.5, 0.6) is 0 Å². The molecule has 0 spiro atoms. The van der Waals surface area contributed by atoms with Gasteiger partial charge in [0.1, 0.15) is 6.54 Å². The molecule has 6 nitrogen and oxygen atoms in total. The van der Waals surface area contributed by atoms with Crippen LogP contribution in [0.2, 0.25) is 0 Å². The van der Waals surface area contributed by atoms with Gasteiger partial charge in [0.15, 0.2) is 0 Å². The average molecular weight is 364 g/mol. The van der Waals surface area contributed by atoms with Crippen LogP contribution in [0.1, 0.15) is 49.0 Å². The smallest absolute Gasteiger partial charge is 0.268 e. The van der Waals surface area contributed by atoms with E-state index in [2.05, 4.69) is 19.2 Å². The molecule has 1 heterocycles. The van der Waals surface area contributed by atoms with Gasteiger partial charge in [0.05, 0.1) is 5.75 Å². The number of rotatable bonds is 3. The number of nitrogens with one attached hydrogen (secondary N) is 1. The third-order valence-electron chi connectivity index (χ3n) is 5.49. The van der Waals surface area contributed by atoms with Gasteiger partial charge in [-0.25, -0.2) is 12.7 Å². The van der Waals surface area contributed by atoms with Gasteiger partial charge in [-0.3, -0.25) is 9.59 Å². The largest absolute Gasteiger partial charge is 0.352 e. The average Bonchev–Trinajstić information content (AvgIpc) is 2.55. The summed E-state index contributed by atoms with van der Waals surface area (Å²) in [5.41, 5.74) is 0.837. The lowest BCUT2D eigenvalue weighted by Crippen LogP contribution is -2.51. The first kappa shape index (κ1) is 17.9. The zero-order valence-corrected chi connectivity index (χ0v) is 15.4. The van der Waals surface area contributed by atoms with Crippen molar-refractivity contribution in [2.75, 3.05) is 6.54 Å². The molecule has 1 N–H and O–H groups in total. The number of carbonyl (C=O) groups is 2. The van der Waals surface area contributed by atoms with Crippen molar-refractivity contribution < 1.29 is 18.0 Å². The fourth-order valence-electron chi connectivity index (χ4n) is 3.73. The molecular formula is C18H24N2O4S. The molecule has 1 saturated carbocycles. The van der Waals surface area contributed by atoms with E-state index in [0.29, 0.717) is 27.3 Å². The summed E-state index contributed by atoms with van der Waals surface area (Å²) in [5, 5.41) is 2.93. The number of hydrogen-bond donors (Lipinski definition) is 1. The Morgan fingerprint density at radius 1 is 1.24 bits per heavy atom. The Bertz CT molecular complexity index is 790. The second-order valence-corrected chi connectivity index (χ2v) is 9.06. The summed E-state index contributed by atoms with van der Waals surface area (Å²) >= 11 is 0. The Hall–Kier alpha value is -1.89. The minimum absolute atomic E-state index is 0.0335. The molecule has 25 heavy (non-hydrogen) atoms. The highest BCUT2D eigenvalue weighted by Gasteiger charge is 2.37. The number of hydrogen-bond acceptors (Lipinski definition) is 4. The monoisotopic (exact) mass is 364 g/mol. The molecule has 136 valence electrons. The maximum atomic E-state index is 12.5. The Labute approximate surface area is 148 Å². The second kappa shape index (κ2) is 6.78. The lowest BCUT2D eigenvalue weighted by atomic mass is 9.78. The van der Waals surface area contributed by atoms with Crippen LogP contribution in [0.15, 0.2) is 24.3 Å². The normalized spacial score (nSPS) is 28.3. The number of fused-ring (bicyclic) bond motifs is 1. The molecule has 0 aromatic heterocycles. The van der Waals surface area contributed by atoms with Crippen LogP contribution in [0.3, 0.4) is 0 Å². The van der Waals surface area contributed by atoms with Crippen molar-refractivity contribution in [3.8, 4) is 0 Å². The van der Waals surface area contributed by atoms with E-state index < -0.39 is 28.4 Å². The summed E-state index contributed by atoms with van der Waals surface area (Å²) in [6.45, 7) is 3.82. The molecule has 1 aromatic rings. The van der Waals surface area contributed by atoms with Crippen LogP contribution in [0.25, 0.3) is 0 Å². The number of nitrogens with zero attached hydrogens (tertiary/aromatic N) is 1. The van der Waals surface area contributed by atoms with Crippen molar-refractivity contribution in [3.05, 3.63) is 35.4 Å². The zero-order chi connectivity index (χ0) is 18.2. The molecule has 3 atom stereocenters. The first-order valence-corrected chi connectivity index (χ1v) is 10.3. The van der Waals surface area contributed by atoms with Crippen LogP contribution >= 0.6 is 0 Å². The van der Waals surface area contributed by atoms with E-state index in [1.807, 2.05) is 0 Å². The van der Waals surface area contributed by atoms with Crippen molar-refractivity contribution >= 4 is 21.8 Å². The molecule has 1 aliphatic carbocycles. The molecule has 0 saturated heterocycles. The van der Waals surface area contributed by atoms with E-state index in [1.54, 1.807) is 24.3 Å². The Morgan fingerprint density at radius 3 is 2.72 bits per heavy atom. The molecule has 0 unspecified atom stereocenters. The summed E-state index contributed by atoms with van der Waals surface area (Å²) in [6, 6.07) is 6.66. The first-order valence-electron chi connectivity index (χ1n) is 8.71. The van der Waals surface area contributed by atoms with Gasteiger partial charge in [0, 0.05) is 11.6 Å². The van der Waals surface area contributed by atoms with Crippen molar-refractivity contribution in [2.45, 2.75) is 44.9 Å². The predicted molar refractivity (Wildman–Crippen MR) is 94.2 cm³/mol. The van der Waals surface area contributed by atoms with Gasteiger partial charge < -0.3 is 5.32 Å². The van der Waals surface area contributed by atoms with Gasteiger partial charge in [-0.1, -0.05) is 44.9 Å². The van der Waals surface area contributed by atoms with Gasteiger partial charge in [0.2, 0.25) is 15.9 Å². The molecule has 2 amide bonds. The predicted octanol–water partition coefficient (Wildman–Crippen LogP) is 1.91. The zero-order valence-electron chi connectivity index (χ0n) is 14.6. The molecule has 0 radical (unpaired) electrons. The standard InChI is InChI=1S/C18H24N2O4S/c1-12-6-5-9-16(13(12)2)19-17(21)10-20-18(22)15-8-4-3-7-14(15)11-25(20,23)24/h3-4,7-8,12-13,16H,5-6,9-11H2,1-2H3,(H,19,21)/t12-,13-,16-/m1/s1. The lowest BCUT2D eigenvalue weighted by Gasteiger charge is -2.35. The van der Waals surface area contributed by atoms with Gasteiger partial charge in [-0.2, -0.15) is 0 Å². The van der Waals surface area contributed by atoms with Crippen molar-refractivity contribution in [1.29, 1.82) is 0 Å². The highest BCUT2D eigenvalue weighted by Crippen LogP contribution is 2.29. The maximum Gasteiger partial charge on any atom is 0.268 e. The van der Waals surface area contributed by atoms with Gasteiger partial charge in [-0.05, 0) is 29.9 Å². The van der Waals surface area contributed by atoms with Crippen LogP contribution in [0, 0.1) is 11.8 Å². The number of carbonyl (C=O) groups excluding carboxylic acids is 2. The molecule has 1 aliphatic heterocycles. The van der Waals surface area contributed by atoms with Crippen molar-refractivity contribution in [3.63, 3.8) is 0 Å². The summed E-state index contributed by atoms with van der Waals surface area (Å²) < 4.78 is 25.6. The summed E-state index contributed by atoms with van der Waals surface area (Å²) in [6.07, 6.45) is 3.08. The third-order valence-corrected chi connectivity index (χ3v) is 7.13. The second-order valence-electron chi connectivity index (χ2n) is 7.17. The van der Waals surface area contributed by atoms with Crippen LogP contribution < -0.4 is 5.32 Å². The Balaban J connectivity index is 1.73. The van der Waals surface area contributed by atoms with E-state index >= 15 is 0 Å². The molecule has 1 fully saturated rings. The molecule has 7 heteroatoms. The fraction of sp³-hybridized carbons (Fsp3) is 0.556. The van der Waals surface area contributed by atoms with Crippen LogP contribution in [-0.2, 0) is 20.6 Å². The molecule has 2 aliphatic rings. The minimum Gasteiger partial charge on any atom is -0.352 e. The summed E-state index contributed by atoms with van der Waals surface area (Å²) in [7, 11) is -3.82. The minimum atomic E-state index is -3.82. The number of amides is 2. The summed E-state index contributed by atoms with van der Waals surface area (Å²) in [4.78, 5) is 25.0.